The van der Waals surface area contributed by atoms with Crippen LogP contribution in [-0.2, 0) is 4.79 Å². The molecular weight excluding hydrogens is 426 g/mol. The SMILES string of the molecule is O=C(O)COc1ccccc1NC(=O)c1cc(Br)c(Br)s1. The summed E-state index contributed by atoms with van der Waals surface area (Å²) < 4.78 is 6.76. The number of hydrogen-bond acceptors (Lipinski definition) is 4. The fraction of sp³-hybridized carbons (Fsp3) is 0.0769. The van der Waals surface area contributed by atoms with Crippen molar-refractivity contribution < 1.29 is 19.4 Å². The minimum Gasteiger partial charge on any atom is -0.480 e. The number of hydrogen-bond donors (Lipinski definition) is 2. The van der Waals surface area contributed by atoms with Gasteiger partial charge in [-0.15, -0.1) is 11.3 Å². The predicted molar refractivity (Wildman–Crippen MR) is 87.2 cm³/mol. The molecule has 0 fully saturated rings. The first-order valence-electron chi connectivity index (χ1n) is 5.67. The Kier molecular flexibility index (Phi) is 5.38. The first kappa shape index (κ1) is 16.0. The van der Waals surface area contributed by atoms with Crippen LogP contribution in [0.2, 0.25) is 0 Å². The van der Waals surface area contributed by atoms with E-state index in [1.807, 2.05) is 0 Å². The van der Waals surface area contributed by atoms with Crippen molar-refractivity contribution >= 4 is 60.8 Å². The second-order valence-electron chi connectivity index (χ2n) is 3.86. The minimum atomic E-state index is -1.08. The molecule has 0 atom stereocenters. The van der Waals surface area contributed by atoms with Crippen LogP contribution in [0.3, 0.4) is 0 Å². The third-order valence-electron chi connectivity index (χ3n) is 2.36. The summed E-state index contributed by atoms with van der Waals surface area (Å²) in [5.41, 5.74) is 0.421. The van der Waals surface area contributed by atoms with Crippen LogP contribution in [-0.4, -0.2) is 23.6 Å². The molecule has 1 aromatic heterocycles. The molecule has 2 rings (SSSR count). The zero-order valence-corrected chi connectivity index (χ0v) is 14.4. The molecule has 0 saturated heterocycles. The third-order valence-corrected chi connectivity index (χ3v) is 5.61. The maximum atomic E-state index is 12.2. The van der Waals surface area contributed by atoms with E-state index in [2.05, 4.69) is 37.2 Å². The number of rotatable bonds is 5. The van der Waals surface area contributed by atoms with Gasteiger partial charge in [0.05, 0.1) is 14.4 Å². The van der Waals surface area contributed by atoms with Gasteiger partial charge in [0.25, 0.3) is 5.91 Å². The van der Waals surface area contributed by atoms with Crippen molar-refractivity contribution in [2.75, 3.05) is 11.9 Å². The standard InChI is InChI=1S/C13H9Br2NO4S/c14-7-5-10(21-12(7)15)13(19)16-8-3-1-2-4-9(8)20-6-11(17)18/h1-5H,6H2,(H,16,19)(H,17,18). The highest BCUT2D eigenvalue weighted by molar-refractivity contribution is 9.13. The van der Waals surface area contributed by atoms with Crippen molar-refractivity contribution in [1.82, 2.24) is 0 Å². The highest BCUT2D eigenvalue weighted by Gasteiger charge is 2.14. The van der Waals surface area contributed by atoms with Crippen LogP contribution < -0.4 is 10.1 Å². The van der Waals surface area contributed by atoms with E-state index >= 15 is 0 Å². The smallest absolute Gasteiger partial charge is 0.341 e. The number of aliphatic carboxylic acids is 1. The Morgan fingerprint density at radius 2 is 2.00 bits per heavy atom. The zero-order valence-electron chi connectivity index (χ0n) is 10.4. The number of halogens is 2. The first-order valence-corrected chi connectivity index (χ1v) is 8.07. The number of carboxylic acid groups (broad SMARTS) is 1. The van der Waals surface area contributed by atoms with Crippen LogP contribution in [0.5, 0.6) is 5.75 Å². The Morgan fingerprint density at radius 3 is 2.62 bits per heavy atom. The van der Waals surface area contributed by atoms with Gasteiger partial charge in [0.1, 0.15) is 5.75 Å². The Hall–Kier alpha value is -1.38. The molecule has 2 aromatic rings. The summed E-state index contributed by atoms with van der Waals surface area (Å²) in [6.45, 7) is -0.469. The van der Waals surface area contributed by atoms with Gasteiger partial charge in [-0.05, 0) is 50.1 Å². The van der Waals surface area contributed by atoms with Crippen LogP contribution >= 0.6 is 43.2 Å². The van der Waals surface area contributed by atoms with Gasteiger partial charge >= 0.3 is 5.97 Å². The number of benzene rings is 1. The highest BCUT2D eigenvalue weighted by atomic mass is 79.9. The number of para-hydroxylation sites is 2. The van der Waals surface area contributed by atoms with E-state index in [0.29, 0.717) is 16.3 Å². The van der Waals surface area contributed by atoms with E-state index in [-0.39, 0.29) is 5.91 Å². The molecule has 0 radical (unpaired) electrons. The molecule has 0 aliphatic rings. The monoisotopic (exact) mass is 433 g/mol. The Bertz CT molecular complexity index is 667. The maximum absolute atomic E-state index is 12.2. The van der Waals surface area contributed by atoms with Gasteiger partial charge in [-0.3, -0.25) is 4.79 Å². The first-order chi connectivity index (χ1) is 9.97. The van der Waals surface area contributed by atoms with Crippen molar-refractivity contribution in [2.45, 2.75) is 0 Å². The van der Waals surface area contributed by atoms with Crippen LogP contribution in [0.1, 0.15) is 9.67 Å². The number of carbonyl (C=O) groups excluding carboxylic acids is 1. The van der Waals surface area contributed by atoms with Crippen LogP contribution in [0, 0.1) is 0 Å². The highest BCUT2D eigenvalue weighted by Crippen LogP contribution is 2.33. The molecule has 0 unspecified atom stereocenters. The van der Waals surface area contributed by atoms with E-state index in [4.69, 9.17) is 9.84 Å². The Labute approximate surface area is 141 Å². The molecule has 110 valence electrons. The van der Waals surface area contributed by atoms with Crippen molar-refractivity contribution in [2.24, 2.45) is 0 Å². The second-order valence-corrected chi connectivity index (χ2v) is 7.09. The fourth-order valence-electron chi connectivity index (χ4n) is 1.48. The van der Waals surface area contributed by atoms with Crippen LogP contribution in [0.15, 0.2) is 38.6 Å². The van der Waals surface area contributed by atoms with Crippen molar-refractivity contribution in [3.63, 3.8) is 0 Å². The molecule has 8 heteroatoms. The lowest BCUT2D eigenvalue weighted by Crippen LogP contribution is -2.14. The molecule has 0 spiro atoms. The van der Waals surface area contributed by atoms with Crippen molar-refractivity contribution in [3.8, 4) is 5.75 Å². The van der Waals surface area contributed by atoms with Gasteiger partial charge in [-0.25, -0.2) is 4.79 Å². The predicted octanol–water partition coefficient (Wildman–Crippen LogP) is 3.99. The molecule has 1 heterocycles. The van der Waals surface area contributed by atoms with E-state index < -0.39 is 12.6 Å². The molecule has 0 bridgehead atoms. The lowest BCUT2D eigenvalue weighted by atomic mass is 10.3. The molecule has 0 aliphatic heterocycles. The third kappa shape index (κ3) is 4.29. The Balaban J connectivity index is 2.15. The summed E-state index contributed by atoms with van der Waals surface area (Å²) in [4.78, 5) is 23.2. The summed E-state index contributed by atoms with van der Waals surface area (Å²) in [5, 5.41) is 11.3. The summed E-state index contributed by atoms with van der Waals surface area (Å²) in [6.07, 6.45) is 0. The average Bonchev–Trinajstić information content (AvgIpc) is 2.78. The molecule has 1 amide bonds. The van der Waals surface area contributed by atoms with E-state index in [0.717, 1.165) is 8.26 Å². The number of carboxylic acids is 1. The fourth-order valence-corrected chi connectivity index (χ4v) is 3.41. The maximum Gasteiger partial charge on any atom is 0.341 e. The number of thiophene rings is 1. The van der Waals surface area contributed by atoms with Gasteiger partial charge in [-0.2, -0.15) is 0 Å². The van der Waals surface area contributed by atoms with Crippen molar-refractivity contribution in [1.29, 1.82) is 0 Å². The normalized spacial score (nSPS) is 10.2. The molecule has 2 N–H and O–H groups in total. The number of ether oxygens (including phenoxy) is 1. The summed E-state index contributed by atoms with van der Waals surface area (Å²) >= 11 is 7.93. The molecule has 0 saturated carbocycles. The largest absolute Gasteiger partial charge is 0.480 e. The minimum absolute atomic E-state index is 0.294. The second kappa shape index (κ2) is 7.06. The van der Waals surface area contributed by atoms with Crippen LogP contribution in [0.4, 0.5) is 5.69 Å². The number of anilines is 1. The van der Waals surface area contributed by atoms with Gasteiger partial charge in [0.15, 0.2) is 6.61 Å². The van der Waals surface area contributed by atoms with E-state index in [1.54, 1.807) is 30.3 Å². The zero-order chi connectivity index (χ0) is 15.4. The van der Waals surface area contributed by atoms with E-state index in [9.17, 15) is 9.59 Å². The lowest BCUT2D eigenvalue weighted by molar-refractivity contribution is -0.139. The summed E-state index contributed by atoms with van der Waals surface area (Å²) in [6, 6.07) is 8.37. The van der Waals surface area contributed by atoms with Crippen LogP contribution in [0.25, 0.3) is 0 Å². The quantitative estimate of drug-likeness (QED) is 0.745. The summed E-state index contributed by atoms with van der Waals surface area (Å²) in [5.74, 6) is -1.07. The molecular formula is C13H9Br2NO4S. The number of amides is 1. The summed E-state index contributed by atoms with van der Waals surface area (Å²) in [7, 11) is 0. The topological polar surface area (TPSA) is 75.6 Å². The number of nitrogens with one attached hydrogen (secondary N) is 1. The molecule has 21 heavy (non-hydrogen) atoms. The Morgan fingerprint density at radius 1 is 1.29 bits per heavy atom. The number of carbonyl (C=O) groups is 2. The molecule has 5 nitrogen and oxygen atoms in total. The van der Waals surface area contributed by atoms with Gasteiger partial charge in [0, 0.05) is 4.47 Å². The average molecular weight is 435 g/mol. The molecule has 0 aliphatic carbocycles. The van der Waals surface area contributed by atoms with Crippen molar-refractivity contribution in [3.05, 3.63) is 43.5 Å². The van der Waals surface area contributed by atoms with Gasteiger partial charge in [0.2, 0.25) is 0 Å². The van der Waals surface area contributed by atoms with Gasteiger partial charge < -0.3 is 15.2 Å². The molecule has 1 aromatic carbocycles. The van der Waals surface area contributed by atoms with Gasteiger partial charge in [-0.1, -0.05) is 12.1 Å². The van der Waals surface area contributed by atoms with E-state index in [1.165, 1.54) is 11.3 Å². The lowest BCUT2D eigenvalue weighted by Gasteiger charge is -2.10.